The monoisotopic (exact) mass is 368 g/mol. The lowest BCUT2D eigenvalue weighted by Crippen LogP contribution is -2.14. The predicted molar refractivity (Wildman–Crippen MR) is 112 cm³/mol. The number of nitrogens with zero attached hydrogens (tertiary/aromatic N) is 1. The molecule has 0 unspecified atom stereocenters. The van der Waals surface area contributed by atoms with Crippen molar-refractivity contribution in [1.29, 1.82) is 0 Å². The van der Waals surface area contributed by atoms with Gasteiger partial charge in [-0.05, 0) is 48.9 Å². The van der Waals surface area contributed by atoms with E-state index in [2.05, 4.69) is 34.0 Å². The molecule has 0 aliphatic rings. The molecule has 3 rings (SSSR count). The number of hydrogen-bond acceptors (Lipinski definition) is 3. The third kappa shape index (κ3) is 6.20. The summed E-state index contributed by atoms with van der Waals surface area (Å²) in [6, 6.07) is 19.2. The molecule has 0 radical (unpaired) electrons. The quantitative estimate of drug-likeness (QED) is 0.509. The topological polar surface area (TPSA) is 51.2 Å². The van der Waals surface area contributed by atoms with E-state index in [4.69, 9.17) is 4.74 Å². The van der Waals surface area contributed by atoms with Gasteiger partial charge in [-0.15, -0.1) is 0 Å². The first-order valence-electron chi connectivity index (χ1n) is 9.14. The Hall–Kier alpha value is -3.76. The van der Waals surface area contributed by atoms with E-state index in [1.165, 1.54) is 0 Å². The Balaban J connectivity index is 1.33. The molecular weight excluding hydrogens is 348 g/mol. The Kier molecular flexibility index (Phi) is 7.06. The van der Waals surface area contributed by atoms with Crippen molar-refractivity contribution >= 4 is 22.7 Å². The van der Waals surface area contributed by atoms with E-state index in [9.17, 15) is 4.79 Å². The number of rotatable bonds is 5. The van der Waals surface area contributed by atoms with Gasteiger partial charge in [0.05, 0.1) is 12.1 Å². The van der Waals surface area contributed by atoms with Crippen molar-refractivity contribution in [3.05, 3.63) is 72.4 Å². The number of ether oxygens (including phenoxy) is 1. The van der Waals surface area contributed by atoms with Gasteiger partial charge in [-0.2, -0.15) is 0 Å². The molecule has 0 aliphatic heterocycles. The number of hydrogen-bond donors (Lipinski definition) is 1. The number of fused-ring (bicyclic) bond motifs is 1. The van der Waals surface area contributed by atoms with Gasteiger partial charge >= 0.3 is 6.09 Å². The summed E-state index contributed by atoms with van der Waals surface area (Å²) in [5, 5.41) is 3.74. The maximum atomic E-state index is 11.6. The SMILES string of the molecule is O=C(Nc1ccccc1)OCCCCC#CC#Cc1cnc2ccccc2c1. The van der Waals surface area contributed by atoms with Crippen LogP contribution in [0.15, 0.2) is 66.9 Å². The van der Waals surface area contributed by atoms with Gasteiger partial charge in [0.2, 0.25) is 0 Å². The van der Waals surface area contributed by atoms with E-state index < -0.39 is 6.09 Å². The summed E-state index contributed by atoms with van der Waals surface area (Å²) in [6.07, 6.45) is 3.65. The lowest BCUT2D eigenvalue weighted by molar-refractivity contribution is 0.159. The lowest BCUT2D eigenvalue weighted by atomic mass is 10.1. The van der Waals surface area contributed by atoms with Crippen LogP contribution in [0, 0.1) is 23.7 Å². The molecule has 1 heterocycles. The van der Waals surface area contributed by atoms with Crippen molar-refractivity contribution in [2.24, 2.45) is 0 Å². The van der Waals surface area contributed by atoms with Gasteiger partial charge in [-0.3, -0.25) is 10.3 Å². The minimum absolute atomic E-state index is 0.370. The van der Waals surface area contributed by atoms with Crippen molar-refractivity contribution in [3.8, 4) is 23.7 Å². The molecule has 1 N–H and O–H groups in total. The summed E-state index contributed by atoms with van der Waals surface area (Å²) in [5.74, 6) is 11.7. The largest absolute Gasteiger partial charge is 0.449 e. The molecule has 3 aromatic rings. The molecular formula is C24H20N2O2. The molecule has 1 amide bonds. The summed E-state index contributed by atoms with van der Waals surface area (Å²) in [6.45, 7) is 0.370. The lowest BCUT2D eigenvalue weighted by Gasteiger charge is -2.05. The van der Waals surface area contributed by atoms with Crippen LogP contribution in [0.2, 0.25) is 0 Å². The minimum Gasteiger partial charge on any atom is -0.449 e. The van der Waals surface area contributed by atoms with Gasteiger partial charge < -0.3 is 4.74 Å². The molecule has 4 heteroatoms. The van der Waals surface area contributed by atoms with Crippen LogP contribution >= 0.6 is 0 Å². The summed E-state index contributed by atoms with van der Waals surface area (Å²) in [5.41, 5.74) is 2.53. The third-order valence-corrected chi connectivity index (χ3v) is 3.90. The standard InChI is InChI=1S/C24H20N2O2/c27-24(26-22-14-7-5-8-15-22)28-17-11-4-2-1-3-6-12-20-18-21-13-9-10-16-23(21)25-19-20/h5,7-10,13-16,18-19H,2,4,11,17H2,(H,26,27). The first-order valence-corrected chi connectivity index (χ1v) is 9.14. The smallest absolute Gasteiger partial charge is 0.411 e. The van der Waals surface area contributed by atoms with Crippen LogP contribution in [0.3, 0.4) is 0 Å². The molecule has 1 aromatic heterocycles. The normalized spacial score (nSPS) is 9.57. The highest BCUT2D eigenvalue weighted by Crippen LogP contribution is 2.11. The van der Waals surface area contributed by atoms with Crippen molar-refractivity contribution in [1.82, 2.24) is 4.98 Å². The Morgan fingerprint density at radius 3 is 2.71 bits per heavy atom. The molecule has 0 atom stereocenters. The Morgan fingerprint density at radius 1 is 1.00 bits per heavy atom. The number of benzene rings is 2. The Morgan fingerprint density at radius 2 is 1.82 bits per heavy atom. The maximum Gasteiger partial charge on any atom is 0.411 e. The van der Waals surface area contributed by atoms with Gasteiger partial charge in [0.15, 0.2) is 0 Å². The maximum absolute atomic E-state index is 11.6. The fourth-order valence-electron chi connectivity index (χ4n) is 2.51. The first-order chi connectivity index (χ1) is 13.8. The minimum atomic E-state index is -0.438. The molecule has 0 saturated carbocycles. The number of amides is 1. The molecule has 0 spiro atoms. The van der Waals surface area contributed by atoms with Crippen LogP contribution in [0.25, 0.3) is 10.9 Å². The zero-order valence-electron chi connectivity index (χ0n) is 15.4. The molecule has 0 fully saturated rings. The Bertz CT molecular complexity index is 1050. The van der Waals surface area contributed by atoms with Crippen molar-refractivity contribution in [3.63, 3.8) is 0 Å². The van der Waals surface area contributed by atoms with E-state index in [1.54, 1.807) is 6.20 Å². The van der Waals surface area contributed by atoms with Crippen LogP contribution in [0.4, 0.5) is 10.5 Å². The second kappa shape index (κ2) is 10.4. The molecule has 2 aromatic carbocycles. The zero-order valence-corrected chi connectivity index (χ0v) is 15.4. The zero-order chi connectivity index (χ0) is 19.4. The van der Waals surface area contributed by atoms with Gasteiger partial charge in [0.25, 0.3) is 0 Å². The van der Waals surface area contributed by atoms with Gasteiger partial charge in [0.1, 0.15) is 0 Å². The molecule has 0 aliphatic carbocycles. The summed E-state index contributed by atoms with van der Waals surface area (Å²) in [7, 11) is 0. The number of unbranched alkanes of at least 4 members (excludes halogenated alkanes) is 2. The number of para-hydroxylation sites is 2. The fourth-order valence-corrected chi connectivity index (χ4v) is 2.51. The summed E-state index contributed by atoms with van der Waals surface area (Å²) >= 11 is 0. The average molecular weight is 368 g/mol. The second-order valence-electron chi connectivity index (χ2n) is 6.05. The second-order valence-corrected chi connectivity index (χ2v) is 6.05. The number of anilines is 1. The highest BCUT2D eigenvalue weighted by Gasteiger charge is 2.01. The highest BCUT2D eigenvalue weighted by atomic mass is 16.5. The van der Waals surface area contributed by atoms with Crippen LogP contribution in [-0.2, 0) is 4.74 Å². The van der Waals surface area contributed by atoms with E-state index >= 15 is 0 Å². The number of carbonyl (C=O) groups is 1. The number of aromatic nitrogens is 1. The van der Waals surface area contributed by atoms with Gasteiger partial charge in [-0.25, -0.2) is 4.79 Å². The first kappa shape index (κ1) is 19.0. The molecule has 4 nitrogen and oxygen atoms in total. The van der Waals surface area contributed by atoms with Crippen molar-refractivity contribution in [2.45, 2.75) is 19.3 Å². The van der Waals surface area contributed by atoms with Gasteiger partial charge in [0, 0.05) is 29.3 Å². The molecule has 0 bridgehead atoms. The number of pyridine rings is 1. The number of nitrogens with one attached hydrogen (secondary N) is 1. The van der Waals surface area contributed by atoms with Crippen LogP contribution in [0.5, 0.6) is 0 Å². The van der Waals surface area contributed by atoms with Gasteiger partial charge in [-0.1, -0.05) is 48.2 Å². The van der Waals surface area contributed by atoms with E-state index in [0.29, 0.717) is 13.0 Å². The summed E-state index contributed by atoms with van der Waals surface area (Å²) < 4.78 is 5.13. The predicted octanol–water partition coefficient (Wildman–Crippen LogP) is 5.01. The number of carbonyl (C=O) groups excluding carboxylic acids is 1. The Labute approximate surface area is 164 Å². The van der Waals surface area contributed by atoms with E-state index in [1.807, 2.05) is 60.7 Å². The fraction of sp³-hybridized carbons (Fsp3) is 0.167. The summed E-state index contributed by atoms with van der Waals surface area (Å²) in [4.78, 5) is 16.0. The highest BCUT2D eigenvalue weighted by molar-refractivity contribution is 5.84. The van der Waals surface area contributed by atoms with Crippen LogP contribution in [-0.4, -0.2) is 17.7 Å². The van der Waals surface area contributed by atoms with Crippen LogP contribution < -0.4 is 5.32 Å². The van der Waals surface area contributed by atoms with E-state index in [0.717, 1.165) is 35.0 Å². The van der Waals surface area contributed by atoms with Crippen molar-refractivity contribution < 1.29 is 9.53 Å². The van der Waals surface area contributed by atoms with Crippen molar-refractivity contribution in [2.75, 3.05) is 11.9 Å². The van der Waals surface area contributed by atoms with E-state index in [-0.39, 0.29) is 0 Å². The third-order valence-electron chi connectivity index (χ3n) is 3.90. The van der Waals surface area contributed by atoms with Crippen LogP contribution in [0.1, 0.15) is 24.8 Å². The molecule has 0 saturated heterocycles. The molecule has 138 valence electrons. The average Bonchev–Trinajstić information content (AvgIpc) is 2.73. The molecule has 28 heavy (non-hydrogen) atoms.